The first-order chi connectivity index (χ1) is 7.75. The Morgan fingerprint density at radius 2 is 1.94 bits per heavy atom. The van der Waals surface area contributed by atoms with Gasteiger partial charge in [0.25, 0.3) is 5.91 Å². The second kappa shape index (κ2) is 4.32. The largest absolute Gasteiger partial charge is 0.505 e. The molecule has 17 heavy (non-hydrogen) atoms. The van der Waals surface area contributed by atoms with Crippen LogP contribution in [0.25, 0.3) is 0 Å². The average Bonchev–Trinajstić information content (AvgIpc) is 2.21. The standard InChI is InChI=1S/C11H15N3O3/c1-11(2,10(13)17)14-9(16)6-4-3-5-7(12)8(6)15/h3-5,15H,12H2,1-2H3,(H2,13,17)(H,14,16). The van der Waals surface area contributed by atoms with E-state index in [2.05, 4.69) is 5.32 Å². The van der Waals surface area contributed by atoms with E-state index in [1.165, 1.54) is 32.0 Å². The predicted octanol–water partition coefficient (Wildman–Crippen LogP) is -0.0319. The number of hydrogen-bond donors (Lipinski definition) is 4. The van der Waals surface area contributed by atoms with Crippen molar-refractivity contribution in [3.8, 4) is 5.75 Å². The highest BCUT2D eigenvalue weighted by Crippen LogP contribution is 2.24. The summed E-state index contributed by atoms with van der Waals surface area (Å²) in [6.07, 6.45) is 0. The molecule has 0 aliphatic carbocycles. The first-order valence-electron chi connectivity index (χ1n) is 4.95. The molecule has 1 aromatic rings. The molecular weight excluding hydrogens is 222 g/mol. The van der Waals surface area contributed by atoms with E-state index < -0.39 is 17.4 Å². The summed E-state index contributed by atoms with van der Waals surface area (Å²) in [5, 5.41) is 12.0. The van der Waals surface area contributed by atoms with Gasteiger partial charge < -0.3 is 21.9 Å². The van der Waals surface area contributed by atoms with Gasteiger partial charge in [-0.2, -0.15) is 0 Å². The Kier molecular flexibility index (Phi) is 3.26. The van der Waals surface area contributed by atoms with Gasteiger partial charge in [0, 0.05) is 0 Å². The molecule has 1 aromatic carbocycles. The third kappa shape index (κ3) is 2.66. The fraction of sp³-hybridized carbons (Fsp3) is 0.273. The normalized spacial score (nSPS) is 10.9. The number of para-hydroxylation sites is 1. The maximum absolute atomic E-state index is 11.8. The molecule has 0 bridgehead atoms. The Morgan fingerprint density at radius 3 is 2.47 bits per heavy atom. The molecule has 92 valence electrons. The Hall–Kier alpha value is -2.24. The summed E-state index contributed by atoms with van der Waals surface area (Å²) < 4.78 is 0. The van der Waals surface area contributed by atoms with Crippen LogP contribution in [0.4, 0.5) is 5.69 Å². The molecule has 0 spiro atoms. The van der Waals surface area contributed by atoms with E-state index in [4.69, 9.17) is 11.5 Å². The Labute approximate surface area is 98.6 Å². The van der Waals surface area contributed by atoms with Crippen molar-refractivity contribution in [3.63, 3.8) is 0 Å². The number of hydrogen-bond acceptors (Lipinski definition) is 4. The van der Waals surface area contributed by atoms with Crippen molar-refractivity contribution in [2.24, 2.45) is 5.73 Å². The van der Waals surface area contributed by atoms with Crippen LogP contribution in [0.2, 0.25) is 0 Å². The maximum Gasteiger partial charge on any atom is 0.255 e. The molecule has 1 rings (SSSR count). The molecule has 0 atom stereocenters. The van der Waals surface area contributed by atoms with Crippen molar-refractivity contribution in [1.29, 1.82) is 0 Å². The van der Waals surface area contributed by atoms with Crippen LogP contribution in [-0.4, -0.2) is 22.5 Å². The third-order valence-electron chi connectivity index (χ3n) is 2.35. The van der Waals surface area contributed by atoms with E-state index in [1.807, 2.05) is 0 Å². The summed E-state index contributed by atoms with van der Waals surface area (Å²) in [6, 6.07) is 4.39. The quantitative estimate of drug-likeness (QED) is 0.436. The summed E-state index contributed by atoms with van der Waals surface area (Å²) in [6.45, 7) is 2.94. The van der Waals surface area contributed by atoms with Crippen LogP contribution < -0.4 is 16.8 Å². The number of nitrogens with two attached hydrogens (primary N) is 2. The molecular formula is C11H15N3O3. The molecule has 6 heteroatoms. The van der Waals surface area contributed by atoms with Crippen molar-refractivity contribution in [3.05, 3.63) is 23.8 Å². The number of primary amides is 1. The molecule has 6 nitrogen and oxygen atoms in total. The van der Waals surface area contributed by atoms with Gasteiger partial charge in [-0.1, -0.05) is 6.07 Å². The Morgan fingerprint density at radius 1 is 1.35 bits per heavy atom. The number of amides is 2. The Bertz CT molecular complexity index is 469. The smallest absolute Gasteiger partial charge is 0.255 e. The van der Waals surface area contributed by atoms with Crippen LogP contribution in [0, 0.1) is 0 Å². The molecule has 0 aromatic heterocycles. The number of anilines is 1. The van der Waals surface area contributed by atoms with E-state index in [0.717, 1.165) is 0 Å². The van der Waals surface area contributed by atoms with Crippen LogP contribution in [0.5, 0.6) is 5.75 Å². The highest BCUT2D eigenvalue weighted by atomic mass is 16.3. The lowest BCUT2D eigenvalue weighted by Crippen LogP contribution is -2.53. The van der Waals surface area contributed by atoms with E-state index >= 15 is 0 Å². The lowest BCUT2D eigenvalue weighted by atomic mass is 10.0. The summed E-state index contributed by atoms with van der Waals surface area (Å²) in [7, 11) is 0. The molecule has 0 aliphatic heterocycles. The summed E-state index contributed by atoms with van der Waals surface area (Å²) in [4.78, 5) is 22.9. The van der Waals surface area contributed by atoms with Gasteiger partial charge in [-0.15, -0.1) is 0 Å². The van der Waals surface area contributed by atoms with Gasteiger partial charge in [0.1, 0.15) is 5.54 Å². The molecule has 0 saturated heterocycles. The Balaban J connectivity index is 2.99. The minimum atomic E-state index is -1.20. The summed E-state index contributed by atoms with van der Waals surface area (Å²) in [5.74, 6) is -1.60. The zero-order valence-corrected chi connectivity index (χ0v) is 9.65. The number of nitrogen functional groups attached to an aromatic ring is 1. The van der Waals surface area contributed by atoms with Crippen molar-refractivity contribution >= 4 is 17.5 Å². The molecule has 6 N–H and O–H groups in total. The van der Waals surface area contributed by atoms with Crippen molar-refractivity contribution in [2.75, 3.05) is 5.73 Å². The second-order valence-corrected chi connectivity index (χ2v) is 4.19. The number of carbonyl (C=O) groups is 2. The lowest BCUT2D eigenvalue weighted by molar-refractivity contribution is -0.122. The SMILES string of the molecule is CC(C)(NC(=O)c1cccc(N)c1O)C(N)=O. The van der Waals surface area contributed by atoms with Gasteiger partial charge in [-0.3, -0.25) is 9.59 Å². The fourth-order valence-electron chi connectivity index (χ4n) is 1.16. The third-order valence-corrected chi connectivity index (χ3v) is 2.35. The van der Waals surface area contributed by atoms with Crippen LogP contribution in [0.1, 0.15) is 24.2 Å². The molecule has 0 aliphatic rings. The first-order valence-corrected chi connectivity index (χ1v) is 4.95. The van der Waals surface area contributed by atoms with Crippen LogP contribution in [0.3, 0.4) is 0 Å². The molecule has 0 saturated carbocycles. The second-order valence-electron chi connectivity index (χ2n) is 4.19. The fourth-order valence-corrected chi connectivity index (χ4v) is 1.16. The van der Waals surface area contributed by atoms with Crippen molar-refractivity contribution in [1.82, 2.24) is 5.32 Å². The van der Waals surface area contributed by atoms with Gasteiger partial charge in [-0.05, 0) is 26.0 Å². The van der Waals surface area contributed by atoms with Gasteiger partial charge in [0.2, 0.25) is 5.91 Å². The number of nitrogens with one attached hydrogen (secondary N) is 1. The summed E-state index contributed by atoms with van der Waals surface area (Å²) in [5.41, 5.74) is 9.48. The highest BCUT2D eigenvalue weighted by molar-refractivity contribution is 6.01. The maximum atomic E-state index is 11.8. The number of phenols is 1. The molecule has 0 fully saturated rings. The van der Waals surface area contributed by atoms with Gasteiger partial charge >= 0.3 is 0 Å². The first kappa shape index (κ1) is 12.8. The monoisotopic (exact) mass is 237 g/mol. The summed E-state index contributed by atoms with van der Waals surface area (Å²) >= 11 is 0. The van der Waals surface area contributed by atoms with Crippen LogP contribution in [-0.2, 0) is 4.79 Å². The van der Waals surface area contributed by atoms with E-state index in [1.54, 1.807) is 0 Å². The lowest BCUT2D eigenvalue weighted by Gasteiger charge is -2.22. The number of aromatic hydroxyl groups is 1. The minimum absolute atomic E-state index is 0.000625. The molecule has 0 unspecified atom stereocenters. The van der Waals surface area contributed by atoms with Crippen molar-refractivity contribution < 1.29 is 14.7 Å². The number of phenolic OH excluding ortho intramolecular Hbond substituents is 1. The zero-order valence-electron chi connectivity index (χ0n) is 9.65. The predicted molar refractivity (Wildman–Crippen MR) is 63.3 cm³/mol. The number of carbonyl (C=O) groups excluding carboxylic acids is 2. The minimum Gasteiger partial charge on any atom is -0.505 e. The topological polar surface area (TPSA) is 118 Å². The number of rotatable bonds is 3. The van der Waals surface area contributed by atoms with Gasteiger partial charge in [0.05, 0.1) is 11.3 Å². The molecule has 0 radical (unpaired) electrons. The van der Waals surface area contributed by atoms with E-state index in [-0.39, 0.29) is 17.0 Å². The van der Waals surface area contributed by atoms with E-state index in [0.29, 0.717) is 0 Å². The van der Waals surface area contributed by atoms with Crippen LogP contribution >= 0.6 is 0 Å². The average molecular weight is 237 g/mol. The number of benzene rings is 1. The van der Waals surface area contributed by atoms with E-state index in [9.17, 15) is 14.7 Å². The van der Waals surface area contributed by atoms with Crippen LogP contribution in [0.15, 0.2) is 18.2 Å². The van der Waals surface area contributed by atoms with Crippen molar-refractivity contribution in [2.45, 2.75) is 19.4 Å². The highest BCUT2D eigenvalue weighted by Gasteiger charge is 2.28. The zero-order chi connectivity index (χ0) is 13.2. The molecule has 0 heterocycles. The van der Waals surface area contributed by atoms with Gasteiger partial charge in [-0.25, -0.2) is 0 Å². The molecule has 2 amide bonds. The van der Waals surface area contributed by atoms with Gasteiger partial charge in [0.15, 0.2) is 5.75 Å².